The molecule has 1 aliphatic heterocycles. The fraction of sp³-hybridized carbons (Fsp3) is 0.263. The van der Waals surface area contributed by atoms with E-state index in [0.717, 1.165) is 16.8 Å². The minimum Gasteiger partial charge on any atom is -0.493 e. The maximum Gasteiger partial charge on any atom is 0.187 e. The second kappa shape index (κ2) is 7.53. The molecule has 0 spiro atoms. The van der Waals surface area contributed by atoms with E-state index in [1.807, 2.05) is 18.2 Å². The van der Waals surface area contributed by atoms with Crippen LogP contribution >= 0.6 is 12.2 Å². The summed E-state index contributed by atoms with van der Waals surface area (Å²) < 4.78 is 10.7. The lowest BCUT2D eigenvalue weighted by molar-refractivity contribution is 0.354. The van der Waals surface area contributed by atoms with Crippen LogP contribution in [0.3, 0.4) is 0 Å². The van der Waals surface area contributed by atoms with Gasteiger partial charge >= 0.3 is 0 Å². The number of methoxy groups -OCH3 is 2. The summed E-state index contributed by atoms with van der Waals surface area (Å²) in [5.74, 6) is 1.40. The van der Waals surface area contributed by atoms with Crippen molar-refractivity contribution in [3.63, 3.8) is 0 Å². The Balaban J connectivity index is 1.92. The lowest BCUT2D eigenvalue weighted by Gasteiger charge is -2.19. The molecule has 1 heterocycles. The number of nitrogens with zero attached hydrogens (tertiary/aromatic N) is 1. The standard InChI is InChI=1S/C19H21N3O2S/c1-12-4-6-13(7-5-12)16-11-15(20-19(25)22-21-16)14-8-9-17(23-2)18(10-14)24-3/h4-10,15H,11H2,1-3H3,(H2,20,22,25). The van der Waals surface area contributed by atoms with E-state index in [-0.39, 0.29) is 6.04 Å². The Labute approximate surface area is 153 Å². The molecule has 5 nitrogen and oxygen atoms in total. The van der Waals surface area contributed by atoms with Crippen molar-refractivity contribution < 1.29 is 9.47 Å². The van der Waals surface area contributed by atoms with E-state index < -0.39 is 0 Å². The van der Waals surface area contributed by atoms with Crippen LogP contribution in [0.5, 0.6) is 11.5 Å². The van der Waals surface area contributed by atoms with Gasteiger partial charge in [0.1, 0.15) is 0 Å². The first-order valence-corrected chi connectivity index (χ1v) is 8.43. The minimum absolute atomic E-state index is 0.0117. The molecule has 130 valence electrons. The van der Waals surface area contributed by atoms with Gasteiger partial charge in [-0.25, -0.2) is 0 Å². The average Bonchev–Trinajstić information content (AvgIpc) is 2.83. The van der Waals surface area contributed by atoms with Gasteiger partial charge < -0.3 is 14.8 Å². The highest BCUT2D eigenvalue weighted by Crippen LogP contribution is 2.31. The quantitative estimate of drug-likeness (QED) is 0.824. The topological polar surface area (TPSA) is 54.9 Å². The Hall–Kier alpha value is -2.60. The number of aryl methyl sites for hydroxylation is 1. The highest BCUT2D eigenvalue weighted by Gasteiger charge is 2.21. The molecule has 1 atom stereocenters. The Kier molecular flexibility index (Phi) is 5.19. The van der Waals surface area contributed by atoms with Gasteiger partial charge in [0.05, 0.1) is 26.0 Å². The lowest BCUT2D eigenvalue weighted by atomic mass is 9.96. The maximum atomic E-state index is 5.42. The van der Waals surface area contributed by atoms with Crippen LogP contribution in [0.15, 0.2) is 47.6 Å². The number of hydrogen-bond donors (Lipinski definition) is 2. The van der Waals surface area contributed by atoms with Crippen LogP contribution in [0.1, 0.15) is 29.2 Å². The van der Waals surface area contributed by atoms with Crippen molar-refractivity contribution in [2.24, 2.45) is 5.10 Å². The average molecular weight is 355 g/mol. The third-order valence-electron chi connectivity index (χ3n) is 4.19. The fourth-order valence-corrected chi connectivity index (χ4v) is 2.99. The summed E-state index contributed by atoms with van der Waals surface area (Å²) in [6.07, 6.45) is 0.700. The van der Waals surface area contributed by atoms with Crippen LogP contribution in [0.25, 0.3) is 0 Å². The molecule has 25 heavy (non-hydrogen) atoms. The summed E-state index contributed by atoms with van der Waals surface area (Å²) >= 11 is 5.32. The predicted molar refractivity (Wildman–Crippen MR) is 103 cm³/mol. The molecule has 6 heteroatoms. The van der Waals surface area contributed by atoms with Crippen molar-refractivity contribution in [2.45, 2.75) is 19.4 Å². The van der Waals surface area contributed by atoms with Crippen LogP contribution in [0.4, 0.5) is 0 Å². The first-order chi connectivity index (χ1) is 12.1. The Morgan fingerprint density at radius 3 is 2.44 bits per heavy atom. The molecule has 0 saturated heterocycles. The summed E-state index contributed by atoms with van der Waals surface area (Å²) in [6.45, 7) is 2.07. The molecule has 0 saturated carbocycles. The summed E-state index contributed by atoms with van der Waals surface area (Å²) in [4.78, 5) is 0. The Morgan fingerprint density at radius 2 is 1.76 bits per heavy atom. The third kappa shape index (κ3) is 3.91. The number of nitrogens with one attached hydrogen (secondary N) is 2. The molecule has 2 aromatic carbocycles. The summed E-state index contributed by atoms with van der Waals surface area (Å²) in [5.41, 5.74) is 7.22. The largest absolute Gasteiger partial charge is 0.493 e. The second-order valence-corrected chi connectivity index (χ2v) is 6.29. The third-order valence-corrected chi connectivity index (χ3v) is 4.40. The zero-order chi connectivity index (χ0) is 17.8. The van der Waals surface area contributed by atoms with E-state index in [9.17, 15) is 0 Å². The molecular formula is C19H21N3O2S. The van der Waals surface area contributed by atoms with E-state index in [2.05, 4.69) is 47.0 Å². The summed E-state index contributed by atoms with van der Waals surface area (Å²) in [5, 5.41) is 8.27. The zero-order valence-corrected chi connectivity index (χ0v) is 15.3. The van der Waals surface area contributed by atoms with Crippen LogP contribution in [-0.4, -0.2) is 25.0 Å². The van der Waals surface area contributed by atoms with Gasteiger partial charge in [-0.15, -0.1) is 0 Å². The fourth-order valence-electron chi connectivity index (χ4n) is 2.80. The molecular weight excluding hydrogens is 334 g/mol. The monoisotopic (exact) mass is 355 g/mol. The van der Waals surface area contributed by atoms with Gasteiger partial charge in [0, 0.05) is 6.42 Å². The van der Waals surface area contributed by atoms with Gasteiger partial charge in [-0.2, -0.15) is 5.10 Å². The van der Waals surface area contributed by atoms with E-state index in [4.69, 9.17) is 21.7 Å². The van der Waals surface area contributed by atoms with Crippen LogP contribution in [0, 0.1) is 6.92 Å². The van der Waals surface area contributed by atoms with Crippen molar-refractivity contribution in [3.8, 4) is 11.5 Å². The maximum absolute atomic E-state index is 5.42. The smallest absolute Gasteiger partial charge is 0.187 e. The number of hydrogen-bond acceptors (Lipinski definition) is 4. The molecule has 0 radical (unpaired) electrons. The summed E-state index contributed by atoms with van der Waals surface area (Å²) in [6, 6.07) is 14.2. The molecule has 0 bridgehead atoms. The molecule has 2 aromatic rings. The molecule has 2 N–H and O–H groups in total. The lowest BCUT2D eigenvalue weighted by Crippen LogP contribution is -2.33. The SMILES string of the molecule is COc1ccc(C2CC(c3ccc(C)cc3)=NNC(=S)N2)cc1OC. The van der Waals surface area contributed by atoms with Crippen molar-refractivity contribution >= 4 is 23.0 Å². The highest BCUT2D eigenvalue weighted by atomic mass is 32.1. The van der Waals surface area contributed by atoms with Gasteiger partial charge in [0.25, 0.3) is 0 Å². The molecule has 1 aliphatic rings. The minimum atomic E-state index is -0.0117. The van der Waals surface area contributed by atoms with Gasteiger partial charge in [0.2, 0.25) is 0 Å². The van der Waals surface area contributed by atoms with Crippen molar-refractivity contribution in [3.05, 3.63) is 59.2 Å². The molecule has 0 aromatic heterocycles. The van der Waals surface area contributed by atoms with E-state index >= 15 is 0 Å². The Bertz CT molecular complexity index is 803. The molecule has 0 aliphatic carbocycles. The number of hydrazone groups is 1. The first kappa shape index (κ1) is 17.2. The predicted octanol–water partition coefficient (Wildman–Crippen LogP) is 3.33. The highest BCUT2D eigenvalue weighted by molar-refractivity contribution is 7.80. The molecule has 0 amide bonds. The Morgan fingerprint density at radius 1 is 1.04 bits per heavy atom. The van der Waals surface area contributed by atoms with E-state index in [1.54, 1.807) is 14.2 Å². The van der Waals surface area contributed by atoms with Gasteiger partial charge in [0.15, 0.2) is 16.6 Å². The molecule has 1 unspecified atom stereocenters. The van der Waals surface area contributed by atoms with Gasteiger partial charge in [-0.1, -0.05) is 35.9 Å². The zero-order valence-electron chi connectivity index (χ0n) is 14.5. The van der Waals surface area contributed by atoms with Crippen molar-refractivity contribution in [1.29, 1.82) is 0 Å². The number of ether oxygens (including phenoxy) is 2. The van der Waals surface area contributed by atoms with Crippen molar-refractivity contribution in [1.82, 2.24) is 10.7 Å². The number of benzene rings is 2. The van der Waals surface area contributed by atoms with Gasteiger partial charge in [-0.3, -0.25) is 5.43 Å². The molecule has 0 fully saturated rings. The summed E-state index contributed by atoms with van der Waals surface area (Å²) in [7, 11) is 3.26. The van der Waals surface area contributed by atoms with Crippen LogP contribution in [0.2, 0.25) is 0 Å². The second-order valence-electron chi connectivity index (χ2n) is 5.88. The van der Waals surface area contributed by atoms with E-state index in [0.29, 0.717) is 23.0 Å². The van der Waals surface area contributed by atoms with Gasteiger partial charge in [-0.05, 0) is 42.4 Å². The normalized spacial score (nSPS) is 17.0. The first-order valence-electron chi connectivity index (χ1n) is 8.02. The van der Waals surface area contributed by atoms with E-state index in [1.165, 1.54) is 5.56 Å². The number of thiocarbonyl (C=S) groups is 1. The number of rotatable bonds is 4. The van der Waals surface area contributed by atoms with Crippen LogP contribution < -0.4 is 20.2 Å². The van der Waals surface area contributed by atoms with Crippen molar-refractivity contribution in [2.75, 3.05) is 14.2 Å². The molecule has 3 rings (SSSR count). The van der Waals surface area contributed by atoms with Crippen LogP contribution in [-0.2, 0) is 0 Å².